The summed E-state index contributed by atoms with van der Waals surface area (Å²) in [4.78, 5) is 12.3. The maximum atomic E-state index is 12.3. The van der Waals surface area contributed by atoms with Crippen LogP contribution in [0.3, 0.4) is 0 Å². The molecule has 0 aliphatic heterocycles. The summed E-state index contributed by atoms with van der Waals surface area (Å²) in [6.45, 7) is 2.52. The molecule has 0 aromatic heterocycles. The van der Waals surface area contributed by atoms with Crippen LogP contribution in [0.1, 0.15) is 22.8 Å². The van der Waals surface area contributed by atoms with Crippen molar-refractivity contribution in [2.75, 3.05) is 18.5 Å². The minimum Gasteiger partial charge on any atom is -0.493 e. The minimum absolute atomic E-state index is 0.118. The molecular formula is C17H19NO3. The fourth-order valence-electron chi connectivity index (χ4n) is 2.02. The van der Waals surface area contributed by atoms with E-state index in [2.05, 4.69) is 5.32 Å². The van der Waals surface area contributed by atoms with E-state index in [0.29, 0.717) is 30.0 Å². The summed E-state index contributed by atoms with van der Waals surface area (Å²) in [5.41, 5.74) is 2.26. The molecule has 1 amide bonds. The van der Waals surface area contributed by atoms with Gasteiger partial charge in [0.15, 0.2) is 0 Å². The van der Waals surface area contributed by atoms with Gasteiger partial charge in [0.05, 0.1) is 12.2 Å². The van der Waals surface area contributed by atoms with Gasteiger partial charge in [-0.3, -0.25) is 4.79 Å². The van der Waals surface area contributed by atoms with Crippen LogP contribution >= 0.6 is 0 Å². The topological polar surface area (TPSA) is 58.6 Å². The molecule has 0 unspecified atom stereocenters. The summed E-state index contributed by atoms with van der Waals surface area (Å²) in [6.07, 6.45) is 0.612. The Morgan fingerprint density at radius 2 is 1.86 bits per heavy atom. The number of rotatable bonds is 6. The monoisotopic (exact) mass is 285 g/mol. The average molecular weight is 285 g/mol. The lowest BCUT2D eigenvalue weighted by Crippen LogP contribution is -2.13. The summed E-state index contributed by atoms with van der Waals surface area (Å²) in [7, 11) is 0. The number of anilines is 1. The van der Waals surface area contributed by atoms with Crippen LogP contribution < -0.4 is 10.1 Å². The number of amides is 1. The zero-order chi connectivity index (χ0) is 15.1. The molecule has 0 atom stereocenters. The van der Waals surface area contributed by atoms with Crippen LogP contribution in [0.25, 0.3) is 0 Å². The number of ether oxygens (including phenoxy) is 1. The fraction of sp³-hybridized carbons (Fsp3) is 0.235. The zero-order valence-electron chi connectivity index (χ0n) is 12.0. The van der Waals surface area contributed by atoms with Crippen molar-refractivity contribution in [2.45, 2.75) is 13.3 Å². The molecule has 4 nitrogen and oxygen atoms in total. The third-order valence-corrected chi connectivity index (χ3v) is 3.04. The zero-order valence-corrected chi connectivity index (χ0v) is 12.0. The van der Waals surface area contributed by atoms with Crippen molar-refractivity contribution in [3.63, 3.8) is 0 Å². The third-order valence-electron chi connectivity index (χ3n) is 3.04. The number of para-hydroxylation sites is 1. The van der Waals surface area contributed by atoms with Crippen LogP contribution in [0.5, 0.6) is 5.75 Å². The number of benzene rings is 2. The molecule has 110 valence electrons. The molecule has 0 aliphatic carbocycles. The Balaban J connectivity index is 2.10. The number of aliphatic hydroxyl groups excluding tert-OH is 1. The van der Waals surface area contributed by atoms with E-state index in [-0.39, 0.29) is 12.5 Å². The van der Waals surface area contributed by atoms with Gasteiger partial charge in [0.2, 0.25) is 0 Å². The van der Waals surface area contributed by atoms with E-state index in [9.17, 15) is 4.79 Å². The molecule has 0 spiro atoms. The molecule has 0 radical (unpaired) electrons. The summed E-state index contributed by atoms with van der Waals surface area (Å²) in [5.74, 6) is 0.378. The minimum atomic E-state index is -0.200. The lowest BCUT2D eigenvalue weighted by molar-refractivity contribution is 0.102. The number of hydrogen-bond donors (Lipinski definition) is 2. The van der Waals surface area contributed by atoms with Crippen LogP contribution in [-0.2, 0) is 6.42 Å². The molecular weight excluding hydrogens is 266 g/mol. The van der Waals surface area contributed by atoms with E-state index in [4.69, 9.17) is 9.84 Å². The van der Waals surface area contributed by atoms with Gasteiger partial charge in [-0.05, 0) is 43.2 Å². The Hall–Kier alpha value is -2.33. The van der Waals surface area contributed by atoms with Gasteiger partial charge in [0, 0.05) is 12.3 Å². The Morgan fingerprint density at radius 1 is 1.14 bits per heavy atom. The number of carbonyl (C=O) groups is 1. The number of carbonyl (C=O) groups excluding carboxylic acids is 1. The van der Waals surface area contributed by atoms with E-state index < -0.39 is 0 Å². The predicted octanol–water partition coefficient (Wildman–Crippen LogP) is 2.87. The lowest BCUT2D eigenvalue weighted by atomic mass is 10.1. The first kappa shape index (κ1) is 15.1. The van der Waals surface area contributed by atoms with E-state index in [1.54, 1.807) is 12.1 Å². The molecule has 0 saturated carbocycles. The van der Waals surface area contributed by atoms with Gasteiger partial charge in [0.25, 0.3) is 5.91 Å². The van der Waals surface area contributed by atoms with Crippen molar-refractivity contribution in [3.05, 3.63) is 59.7 Å². The van der Waals surface area contributed by atoms with E-state index >= 15 is 0 Å². The Kier molecular flexibility index (Phi) is 5.35. The standard InChI is InChI=1S/C17H19NO3/c1-2-21-16-6-4-3-5-15(16)17(20)18-14-9-7-13(8-10-14)11-12-19/h3-10,19H,2,11-12H2,1H3,(H,18,20). The highest BCUT2D eigenvalue weighted by molar-refractivity contribution is 6.06. The van der Waals surface area contributed by atoms with Crippen molar-refractivity contribution in [1.82, 2.24) is 0 Å². The predicted molar refractivity (Wildman–Crippen MR) is 82.8 cm³/mol. The maximum absolute atomic E-state index is 12.3. The highest BCUT2D eigenvalue weighted by Crippen LogP contribution is 2.20. The first-order valence-corrected chi connectivity index (χ1v) is 6.97. The highest BCUT2D eigenvalue weighted by atomic mass is 16.5. The highest BCUT2D eigenvalue weighted by Gasteiger charge is 2.11. The number of nitrogens with one attached hydrogen (secondary N) is 1. The van der Waals surface area contributed by atoms with Gasteiger partial charge in [0.1, 0.15) is 5.75 Å². The second kappa shape index (κ2) is 7.45. The molecule has 2 aromatic carbocycles. The Bertz CT molecular complexity index is 593. The van der Waals surface area contributed by atoms with Gasteiger partial charge in [-0.15, -0.1) is 0 Å². The van der Waals surface area contributed by atoms with E-state index in [0.717, 1.165) is 5.56 Å². The van der Waals surface area contributed by atoms with Crippen molar-refractivity contribution in [1.29, 1.82) is 0 Å². The van der Waals surface area contributed by atoms with Gasteiger partial charge >= 0.3 is 0 Å². The summed E-state index contributed by atoms with van der Waals surface area (Å²) < 4.78 is 5.46. The largest absolute Gasteiger partial charge is 0.493 e. The molecule has 2 N–H and O–H groups in total. The van der Waals surface area contributed by atoms with Crippen molar-refractivity contribution in [3.8, 4) is 5.75 Å². The summed E-state index contributed by atoms with van der Waals surface area (Å²) >= 11 is 0. The van der Waals surface area contributed by atoms with Gasteiger partial charge < -0.3 is 15.2 Å². The molecule has 4 heteroatoms. The quantitative estimate of drug-likeness (QED) is 0.858. The van der Waals surface area contributed by atoms with Crippen LogP contribution in [0.2, 0.25) is 0 Å². The summed E-state index contributed by atoms with van der Waals surface area (Å²) in [6, 6.07) is 14.6. The number of hydrogen-bond acceptors (Lipinski definition) is 3. The average Bonchev–Trinajstić information content (AvgIpc) is 2.50. The van der Waals surface area contributed by atoms with Crippen LogP contribution in [0.4, 0.5) is 5.69 Å². The van der Waals surface area contributed by atoms with Gasteiger partial charge in [-0.25, -0.2) is 0 Å². The normalized spacial score (nSPS) is 10.2. The molecule has 0 heterocycles. The molecule has 0 bridgehead atoms. The molecule has 2 aromatic rings. The van der Waals surface area contributed by atoms with Crippen molar-refractivity contribution >= 4 is 11.6 Å². The second-order valence-electron chi connectivity index (χ2n) is 4.55. The molecule has 0 saturated heterocycles. The van der Waals surface area contributed by atoms with Crippen molar-refractivity contribution < 1.29 is 14.6 Å². The SMILES string of the molecule is CCOc1ccccc1C(=O)Nc1ccc(CCO)cc1. The Morgan fingerprint density at radius 3 is 2.52 bits per heavy atom. The third kappa shape index (κ3) is 4.07. The Labute approximate surface area is 124 Å². The lowest BCUT2D eigenvalue weighted by Gasteiger charge is -2.10. The van der Waals surface area contributed by atoms with E-state index in [1.807, 2.05) is 43.3 Å². The molecule has 0 fully saturated rings. The van der Waals surface area contributed by atoms with Crippen molar-refractivity contribution in [2.24, 2.45) is 0 Å². The first-order valence-electron chi connectivity index (χ1n) is 6.97. The summed E-state index contributed by atoms with van der Waals surface area (Å²) in [5, 5.41) is 11.7. The molecule has 21 heavy (non-hydrogen) atoms. The van der Waals surface area contributed by atoms with Gasteiger partial charge in [-0.2, -0.15) is 0 Å². The first-order chi connectivity index (χ1) is 10.2. The van der Waals surface area contributed by atoms with Crippen LogP contribution in [-0.4, -0.2) is 24.2 Å². The molecule has 0 aliphatic rings. The fourth-order valence-corrected chi connectivity index (χ4v) is 2.02. The number of aliphatic hydroxyl groups is 1. The van der Waals surface area contributed by atoms with Gasteiger partial charge in [-0.1, -0.05) is 24.3 Å². The maximum Gasteiger partial charge on any atom is 0.259 e. The molecule has 2 rings (SSSR count). The smallest absolute Gasteiger partial charge is 0.259 e. The van der Waals surface area contributed by atoms with Crippen LogP contribution in [0, 0.1) is 0 Å². The van der Waals surface area contributed by atoms with Crippen LogP contribution in [0.15, 0.2) is 48.5 Å². The van der Waals surface area contributed by atoms with E-state index in [1.165, 1.54) is 0 Å². The second-order valence-corrected chi connectivity index (χ2v) is 4.55.